The van der Waals surface area contributed by atoms with Crippen LogP contribution in [-0.4, -0.2) is 31.7 Å². The first-order valence-corrected chi connectivity index (χ1v) is 10.1. The first-order valence-electron chi connectivity index (χ1n) is 9.34. The summed E-state index contributed by atoms with van der Waals surface area (Å²) in [6.45, 7) is 0.167. The Hall–Kier alpha value is -3.84. The van der Waals surface area contributed by atoms with Crippen molar-refractivity contribution in [3.8, 4) is 23.4 Å². The van der Waals surface area contributed by atoms with Crippen LogP contribution in [0.15, 0.2) is 36.4 Å². The first kappa shape index (κ1) is 22.8. The van der Waals surface area contributed by atoms with Crippen molar-refractivity contribution in [1.82, 2.24) is 4.37 Å². The predicted molar refractivity (Wildman–Crippen MR) is 116 cm³/mol. The number of methoxy groups -OCH3 is 3. The molecule has 0 bridgehead atoms. The lowest BCUT2D eigenvalue weighted by atomic mass is 10.1. The number of hydrogen-bond donors (Lipinski definition) is 1. The van der Waals surface area contributed by atoms with E-state index in [-0.39, 0.29) is 29.2 Å². The minimum atomic E-state index is -0.641. The number of nitrogens with one attached hydrogen (secondary N) is 1. The van der Waals surface area contributed by atoms with E-state index in [1.54, 1.807) is 26.4 Å². The number of rotatable bonds is 9. The van der Waals surface area contributed by atoms with Gasteiger partial charge in [-0.05, 0) is 35.8 Å². The van der Waals surface area contributed by atoms with Crippen LogP contribution in [0.25, 0.3) is 0 Å². The monoisotopic (exact) mass is 457 g/mol. The number of esters is 1. The zero-order valence-corrected chi connectivity index (χ0v) is 18.4. The molecular formula is C22H20FN3O5S. The summed E-state index contributed by atoms with van der Waals surface area (Å²) in [4.78, 5) is 12.4. The molecule has 1 N–H and O–H groups in total. The highest BCUT2D eigenvalue weighted by Gasteiger charge is 2.24. The third kappa shape index (κ3) is 5.07. The summed E-state index contributed by atoms with van der Waals surface area (Å²) in [5, 5.41) is 12.4. The standard InChI is InChI=1S/C22H20FN3O5S/c1-28-16-7-6-14(18(9-16)29-2)11-25-21-19(22(27)30-3)20(26-32-21)31-12-15-5-4-13(10-24)8-17(15)23/h4-9,25H,11-12H2,1-3H3. The van der Waals surface area contributed by atoms with Crippen molar-refractivity contribution < 1.29 is 28.1 Å². The summed E-state index contributed by atoms with van der Waals surface area (Å²) in [6.07, 6.45) is 0. The number of halogens is 1. The van der Waals surface area contributed by atoms with Gasteiger partial charge in [-0.1, -0.05) is 6.07 Å². The van der Waals surface area contributed by atoms with Gasteiger partial charge >= 0.3 is 5.97 Å². The number of hydrogen-bond acceptors (Lipinski definition) is 9. The second kappa shape index (κ2) is 10.5. The minimum Gasteiger partial charge on any atom is -0.497 e. The number of nitrogens with zero attached hydrogens (tertiary/aromatic N) is 2. The van der Waals surface area contributed by atoms with Gasteiger partial charge in [0.15, 0.2) is 5.56 Å². The Morgan fingerprint density at radius 3 is 2.59 bits per heavy atom. The maximum absolute atomic E-state index is 14.1. The van der Waals surface area contributed by atoms with Gasteiger partial charge in [0, 0.05) is 23.7 Å². The van der Waals surface area contributed by atoms with Crippen LogP contribution in [0.4, 0.5) is 9.39 Å². The molecule has 32 heavy (non-hydrogen) atoms. The summed E-state index contributed by atoms with van der Waals surface area (Å²) < 4.78 is 39.4. The Kier molecular flexibility index (Phi) is 7.46. The van der Waals surface area contributed by atoms with Crippen molar-refractivity contribution in [2.45, 2.75) is 13.2 Å². The molecule has 10 heteroatoms. The second-order valence-electron chi connectivity index (χ2n) is 6.42. The van der Waals surface area contributed by atoms with Gasteiger partial charge in [0.25, 0.3) is 0 Å². The number of anilines is 1. The molecular weight excluding hydrogens is 437 g/mol. The molecule has 0 amide bonds. The lowest BCUT2D eigenvalue weighted by Gasteiger charge is -2.12. The molecule has 0 atom stereocenters. The summed E-state index contributed by atoms with van der Waals surface area (Å²) in [7, 11) is 4.37. The quantitative estimate of drug-likeness (QED) is 0.478. The Balaban J connectivity index is 1.78. The fourth-order valence-corrected chi connectivity index (χ4v) is 3.55. The van der Waals surface area contributed by atoms with E-state index < -0.39 is 11.8 Å². The molecule has 3 aromatic rings. The second-order valence-corrected chi connectivity index (χ2v) is 7.19. The largest absolute Gasteiger partial charge is 0.497 e. The van der Waals surface area contributed by atoms with Crippen LogP contribution >= 0.6 is 11.5 Å². The number of benzene rings is 2. The van der Waals surface area contributed by atoms with Gasteiger partial charge in [-0.3, -0.25) is 0 Å². The van der Waals surface area contributed by atoms with Gasteiger partial charge in [0.1, 0.15) is 28.9 Å². The van der Waals surface area contributed by atoms with E-state index in [0.29, 0.717) is 23.0 Å². The molecule has 1 aromatic heterocycles. The normalized spacial score (nSPS) is 10.2. The molecule has 0 saturated carbocycles. The summed E-state index contributed by atoms with van der Waals surface area (Å²) in [5.74, 6) is 0.0787. The number of carbonyl (C=O) groups excluding carboxylic acids is 1. The van der Waals surface area contributed by atoms with Crippen LogP contribution in [0.3, 0.4) is 0 Å². The van der Waals surface area contributed by atoms with Gasteiger partial charge in [0.2, 0.25) is 5.88 Å². The highest BCUT2D eigenvalue weighted by molar-refractivity contribution is 7.10. The summed E-state index contributed by atoms with van der Waals surface area (Å²) in [5.41, 5.74) is 1.37. The van der Waals surface area contributed by atoms with Crippen molar-refractivity contribution in [3.05, 3.63) is 64.5 Å². The van der Waals surface area contributed by atoms with Gasteiger partial charge < -0.3 is 24.3 Å². The minimum absolute atomic E-state index is 0.0230. The van der Waals surface area contributed by atoms with E-state index in [4.69, 9.17) is 24.2 Å². The zero-order valence-electron chi connectivity index (χ0n) is 17.6. The van der Waals surface area contributed by atoms with E-state index in [2.05, 4.69) is 9.69 Å². The maximum Gasteiger partial charge on any atom is 0.346 e. The fraction of sp³-hybridized carbons (Fsp3) is 0.227. The summed E-state index contributed by atoms with van der Waals surface area (Å²) >= 11 is 1.02. The highest BCUT2D eigenvalue weighted by atomic mass is 32.1. The third-order valence-corrected chi connectivity index (χ3v) is 5.32. The van der Waals surface area contributed by atoms with Crippen molar-refractivity contribution >= 4 is 22.5 Å². The Labute approximate surface area is 188 Å². The van der Waals surface area contributed by atoms with E-state index in [1.165, 1.54) is 19.2 Å². The number of carbonyl (C=O) groups is 1. The van der Waals surface area contributed by atoms with Crippen LogP contribution in [0.1, 0.15) is 27.0 Å². The van der Waals surface area contributed by atoms with Crippen molar-refractivity contribution in [2.24, 2.45) is 0 Å². The Morgan fingerprint density at radius 1 is 1.16 bits per heavy atom. The van der Waals surface area contributed by atoms with Crippen LogP contribution in [0, 0.1) is 17.1 Å². The van der Waals surface area contributed by atoms with Crippen LogP contribution in [-0.2, 0) is 17.9 Å². The average Bonchev–Trinajstić information content (AvgIpc) is 3.23. The van der Waals surface area contributed by atoms with Gasteiger partial charge in [-0.2, -0.15) is 9.64 Å². The van der Waals surface area contributed by atoms with E-state index in [0.717, 1.165) is 23.2 Å². The smallest absolute Gasteiger partial charge is 0.346 e. The van der Waals surface area contributed by atoms with Crippen molar-refractivity contribution in [1.29, 1.82) is 5.26 Å². The van der Waals surface area contributed by atoms with Crippen LogP contribution in [0.5, 0.6) is 17.4 Å². The molecule has 0 aliphatic rings. The molecule has 8 nitrogen and oxygen atoms in total. The lowest BCUT2D eigenvalue weighted by molar-refractivity contribution is 0.0596. The first-order chi connectivity index (χ1) is 15.5. The topological polar surface area (TPSA) is 103 Å². The lowest BCUT2D eigenvalue weighted by Crippen LogP contribution is -2.09. The molecule has 0 aliphatic heterocycles. The molecule has 0 radical (unpaired) electrons. The SMILES string of the molecule is COC(=O)c1c(OCc2ccc(C#N)cc2F)nsc1NCc1ccc(OC)cc1OC. The molecule has 1 heterocycles. The third-order valence-electron chi connectivity index (χ3n) is 4.53. The summed E-state index contributed by atoms with van der Waals surface area (Å²) in [6, 6.07) is 11.3. The van der Waals surface area contributed by atoms with E-state index in [9.17, 15) is 9.18 Å². The maximum atomic E-state index is 14.1. The molecule has 166 valence electrons. The van der Waals surface area contributed by atoms with Crippen molar-refractivity contribution in [3.63, 3.8) is 0 Å². The number of aromatic nitrogens is 1. The zero-order chi connectivity index (χ0) is 23.1. The number of nitriles is 1. The number of ether oxygens (including phenoxy) is 4. The van der Waals surface area contributed by atoms with Crippen LogP contribution in [0.2, 0.25) is 0 Å². The molecule has 0 spiro atoms. The molecule has 0 unspecified atom stereocenters. The molecule has 0 fully saturated rings. The van der Waals surface area contributed by atoms with Gasteiger partial charge in [0.05, 0.1) is 33.0 Å². The van der Waals surface area contributed by atoms with E-state index >= 15 is 0 Å². The predicted octanol–water partition coefficient (Wildman–Crippen LogP) is 4.15. The molecule has 2 aromatic carbocycles. The fourth-order valence-electron chi connectivity index (χ4n) is 2.83. The molecule has 0 saturated heterocycles. The Morgan fingerprint density at radius 2 is 1.94 bits per heavy atom. The average molecular weight is 457 g/mol. The van der Waals surface area contributed by atoms with Crippen LogP contribution < -0.4 is 19.5 Å². The molecule has 3 rings (SSSR count). The van der Waals surface area contributed by atoms with Gasteiger partial charge in [-0.25, -0.2) is 9.18 Å². The highest BCUT2D eigenvalue weighted by Crippen LogP contribution is 2.33. The molecule has 0 aliphatic carbocycles. The Bertz CT molecular complexity index is 1160. The van der Waals surface area contributed by atoms with E-state index in [1.807, 2.05) is 12.1 Å². The van der Waals surface area contributed by atoms with Crippen molar-refractivity contribution in [2.75, 3.05) is 26.6 Å². The van der Waals surface area contributed by atoms with Gasteiger partial charge in [-0.15, -0.1) is 0 Å².